The highest BCUT2D eigenvalue weighted by Gasteiger charge is 2.52. The van der Waals surface area contributed by atoms with E-state index in [1.54, 1.807) is 11.3 Å². The van der Waals surface area contributed by atoms with Crippen molar-refractivity contribution in [2.24, 2.45) is 17.8 Å². The Labute approximate surface area is 106 Å². The van der Waals surface area contributed by atoms with Crippen LogP contribution in [0, 0.1) is 17.8 Å². The molecule has 4 bridgehead atoms. The van der Waals surface area contributed by atoms with E-state index in [4.69, 9.17) is 0 Å². The van der Waals surface area contributed by atoms with Crippen molar-refractivity contribution in [2.45, 2.75) is 50.5 Å². The smallest absolute Gasteiger partial charge is 0.118 e. The minimum absolute atomic E-state index is 0.108. The monoisotopic (exact) mass is 249 g/mol. The van der Waals surface area contributed by atoms with Gasteiger partial charge >= 0.3 is 0 Å². The topological polar surface area (TPSA) is 33.1 Å². The van der Waals surface area contributed by atoms with Gasteiger partial charge in [-0.1, -0.05) is 0 Å². The number of nitrogens with zero attached hydrogens (tertiary/aromatic N) is 1. The lowest BCUT2D eigenvalue weighted by molar-refractivity contribution is -0.00703. The van der Waals surface area contributed by atoms with Crippen LogP contribution in [-0.4, -0.2) is 10.1 Å². The molecule has 5 rings (SSSR count). The van der Waals surface area contributed by atoms with Crippen molar-refractivity contribution in [3.05, 3.63) is 16.1 Å². The lowest BCUT2D eigenvalue weighted by Gasteiger charge is -2.56. The standard InChI is InChI=1S/C14H19NOS/c16-7-13-15-12(8-17-13)14-4-9-1-10(5-14)3-11(2-9)6-14/h8-11,16H,1-7H2. The van der Waals surface area contributed by atoms with E-state index in [1.165, 1.54) is 44.2 Å². The van der Waals surface area contributed by atoms with E-state index in [2.05, 4.69) is 10.4 Å². The van der Waals surface area contributed by atoms with Gasteiger partial charge in [0.15, 0.2) is 0 Å². The summed E-state index contributed by atoms with van der Waals surface area (Å²) in [4.78, 5) is 4.69. The lowest BCUT2D eigenvalue weighted by atomic mass is 9.49. The van der Waals surface area contributed by atoms with Gasteiger partial charge in [0.1, 0.15) is 5.01 Å². The second-order valence-electron chi connectivity index (χ2n) is 6.48. The van der Waals surface area contributed by atoms with E-state index in [-0.39, 0.29) is 6.61 Å². The average molecular weight is 249 g/mol. The zero-order valence-corrected chi connectivity index (χ0v) is 10.9. The molecule has 0 unspecified atom stereocenters. The van der Waals surface area contributed by atoms with Crippen LogP contribution in [0.2, 0.25) is 0 Å². The molecule has 0 radical (unpaired) electrons. The van der Waals surface area contributed by atoms with Gasteiger partial charge < -0.3 is 5.11 Å². The molecule has 0 aromatic carbocycles. The van der Waals surface area contributed by atoms with Gasteiger partial charge in [-0.05, 0) is 56.3 Å². The van der Waals surface area contributed by atoms with Crippen LogP contribution in [0.3, 0.4) is 0 Å². The van der Waals surface area contributed by atoms with Gasteiger partial charge in [0.05, 0.1) is 12.3 Å². The summed E-state index contributed by atoms with van der Waals surface area (Å²) in [5, 5.41) is 12.3. The zero-order valence-electron chi connectivity index (χ0n) is 10.1. The first kappa shape index (κ1) is 10.5. The highest BCUT2D eigenvalue weighted by Crippen LogP contribution is 2.60. The fourth-order valence-electron chi connectivity index (χ4n) is 5.05. The molecular formula is C14H19NOS. The molecule has 1 aromatic rings. The maximum Gasteiger partial charge on any atom is 0.118 e. The van der Waals surface area contributed by atoms with E-state index in [0.717, 1.165) is 22.8 Å². The van der Waals surface area contributed by atoms with Crippen LogP contribution in [0.1, 0.15) is 49.2 Å². The Morgan fingerprint density at radius 3 is 2.24 bits per heavy atom. The number of hydrogen-bond acceptors (Lipinski definition) is 3. The first-order chi connectivity index (χ1) is 8.27. The summed E-state index contributed by atoms with van der Waals surface area (Å²) >= 11 is 1.64. The third-order valence-corrected chi connectivity index (χ3v) is 6.10. The molecule has 1 aromatic heterocycles. The number of thiazole rings is 1. The summed E-state index contributed by atoms with van der Waals surface area (Å²) in [6, 6.07) is 0. The maximum atomic E-state index is 9.18. The number of hydrogen-bond donors (Lipinski definition) is 1. The fourth-order valence-corrected chi connectivity index (χ4v) is 5.83. The normalized spacial score (nSPS) is 43.2. The van der Waals surface area contributed by atoms with E-state index in [9.17, 15) is 5.11 Å². The summed E-state index contributed by atoms with van der Waals surface area (Å²) < 4.78 is 0. The molecule has 0 spiro atoms. The van der Waals surface area contributed by atoms with Crippen molar-refractivity contribution in [1.82, 2.24) is 4.98 Å². The molecule has 4 saturated carbocycles. The van der Waals surface area contributed by atoms with Gasteiger partial charge in [-0.25, -0.2) is 4.98 Å². The van der Waals surface area contributed by atoms with Gasteiger partial charge in [-0.15, -0.1) is 11.3 Å². The molecule has 3 heteroatoms. The molecule has 92 valence electrons. The molecule has 2 nitrogen and oxygen atoms in total. The Morgan fingerprint density at radius 2 is 1.76 bits per heavy atom. The van der Waals surface area contributed by atoms with E-state index >= 15 is 0 Å². The Hall–Kier alpha value is -0.410. The van der Waals surface area contributed by atoms with Crippen LogP contribution in [0.15, 0.2) is 5.38 Å². The molecule has 4 aliphatic carbocycles. The summed E-state index contributed by atoms with van der Waals surface area (Å²) in [6.07, 6.45) is 8.55. The van der Waals surface area contributed by atoms with Crippen LogP contribution in [0.4, 0.5) is 0 Å². The summed E-state index contributed by atoms with van der Waals surface area (Å²) in [5.74, 6) is 2.92. The van der Waals surface area contributed by atoms with Crippen molar-refractivity contribution in [3.8, 4) is 0 Å². The second-order valence-corrected chi connectivity index (χ2v) is 7.43. The van der Waals surface area contributed by atoms with Gasteiger partial charge in [0.25, 0.3) is 0 Å². The fraction of sp³-hybridized carbons (Fsp3) is 0.786. The summed E-state index contributed by atoms with van der Waals surface area (Å²) in [5.41, 5.74) is 1.71. The van der Waals surface area contributed by atoms with Gasteiger partial charge in [-0.3, -0.25) is 0 Å². The Morgan fingerprint density at radius 1 is 1.18 bits per heavy atom. The van der Waals surface area contributed by atoms with Crippen molar-refractivity contribution >= 4 is 11.3 Å². The molecule has 0 amide bonds. The first-order valence-electron chi connectivity index (χ1n) is 6.83. The van der Waals surface area contributed by atoms with Crippen molar-refractivity contribution in [3.63, 3.8) is 0 Å². The summed E-state index contributed by atoms with van der Waals surface area (Å²) in [6.45, 7) is 0.108. The van der Waals surface area contributed by atoms with E-state index < -0.39 is 0 Å². The van der Waals surface area contributed by atoms with Crippen LogP contribution in [0.5, 0.6) is 0 Å². The number of rotatable bonds is 2. The highest BCUT2D eigenvalue weighted by atomic mass is 32.1. The van der Waals surface area contributed by atoms with Gasteiger partial charge in [-0.2, -0.15) is 0 Å². The lowest BCUT2D eigenvalue weighted by Crippen LogP contribution is -2.48. The molecular weight excluding hydrogens is 230 g/mol. The highest BCUT2D eigenvalue weighted by molar-refractivity contribution is 7.09. The molecule has 0 saturated heterocycles. The average Bonchev–Trinajstić information content (AvgIpc) is 2.76. The van der Waals surface area contributed by atoms with E-state index in [1.807, 2.05) is 0 Å². The third kappa shape index (κ3) is 1.52. The predicted molar refractivity (Wildman–Crippen MR) is 67.9 cm³/mol. The van der Waals surface area contributed by atoms with Crippen molar-refractivity contribution < 1.29 is 5.11 Å². The molecule has 0 atom stereocenters. The molecule has 4 aliphatic rings. The number of aromatic nitrogens is 1. The van der Waals surface area contributed by atoms with Crippen LogP contribution >= 0.6 is 11.3 Å². The van der Waals surface area contributed by atoms with Crippen molar-refractivity contribution in [2.75, 3.05) is 0 Å². The molecule has 17 heavy (non-hydrogen) atoms. The molecule has 0 aliphatic heterocycles. The van der Waals surface area contributed by atoms with Crippen LogP contribution in [-0.2, 0) is 12.0 Å². The Balaban J connectivity index is 1.72. The van der Waals surface area contributed by atoms with Crippen LogP contribution in [0.25, 0.3) is 0 Å². The third-order valence-electron chi connectivity index (χ3n) is 5.27. The second kappa shape index (κ2) is 3.55. The van der Waals surface area contributed by atoms with Crippen LogP contribution < -0.4 is 0 Å². The Bertz CT molecular complexity index is 404. The minimum Gasteiger partial charge on any atom is -0.389 e. The maximum absolute atomic E-state index is 9.18. The number of aliphatic hydroxyl groups excluding tert-OH is 1. The minimum atomic E-state index is 0.108. The molecule has 1 N–H and O–H groups in total. The van der Waals surface area contributed by atoms with Crippen molar-refractivity contribution in [1.29, 1.82) is 0 Å². The SMILES string of the molecule is OCc1nc(C23CC4CC(CC(C4)C2)C3)cs1. The predicted octanol–water partition coefficient (Wildman–Crippen LogP) is 3.10. The summed E-state index contributed by atoms with van der Waals surface area (Å²) in [7, 11) is 0. The number of aliphatic hydroxyl groups is 1. The van der Waals surface area contributed by atoms with E-state index in [0.29, 0.717) is 5.41 Å². The largest absolute Gasteiger partial charge is 0.389 e. The Kier molecular flexibility index (Phi) is 2.19. The first-order valence-corrected chi connectivity index (χ1v) is 7.71. The molecule has 4 fully saturated rings. The quantitative estimate of drug-likeness (QED) is 0.873. The molecule has 1 heterocycles. The van der Waals surface area contributed by atoms with Gasteiger partial charge in [0, 0.05) is 10.8 Å². The zero-order chi connectivity index (χ0) is 11.5. The van der Waals surface area contributed by atoms with Gasteiger partial charge in [0.2, 0.25) is 0 Å².